The van der Waals surface area contributed by atoms with E-state index in [1.54, 1.807) is 18.2 Å². The molecule has 0 aromatic heterocycles. The molecule has 2 rings (SSSR count). The zero-order valence-electron chi connectivity index (χ0n) is 8.32. The van der Waals surface area contributed by atoms with E-state index in [0.717, 1.165) is 0 Å². The van der Waals surface area contributed by atoms with Crippen molar-refractivity contribution in [1.29, 1.82) is 0 Å². The largest absolute Gasteiger partial charge is 0.483 e. The van der Waals surface area contributed by atoms with Crippen LogP contribution < -0.4 is 10.1 Å². The highest BCUT2D eigenvalue weighted by Gasteiger charge is 2.27. The van der Waals surface area contributed by atoms with Crippen molar-refractivity contribution in [3.8, 4) is 5.75 Å². The molecule has 2 N–H and O–H groups in total. The highest BCUT2D eigenvalue weighted by Crippen LogP contribution is 2.33. The third kappa shape index (κ3) is 3.02. The number of nitrogens with one attached hydrogen (secondary N) is 1. The van der Waals surface area contributed by atoms with Gasteiger partial charge >= 0.3 is 0 Å². The first-order valence-corrected chi connectivity index (χ1v) is 5.43. The van der Waals surface area contributed by atoms with E-state index >= 15 is 0 Å². The molecule has 1 saturated heterocycles. The van der Waals surface area contributed by atoms with Crippen molar-refractivity contribution in [1.82, 2.24) is 5.32 Å². The number of halogens is 3. The Morgan fingerprint density at radius 2 is 1.88 bits per heavy atom. The quantitative estimate of drug-likeness (QED) is 0.875. The number of β-amino-alcohol motifs (C(OH)–C–C–N with tert-alkyl or cyclic N) is 1. The number of para-hydroxylation sites is 1. The molecular weight excluding hydrogens is 317 g/mol. The lowest BCUT2D eigenvalue weighted by Gasteiger charge is -2.17. The predicted molar refractivity (Wildman–Crippen MR) is 70.1 cm³/mol. The fraction of sp³-hybridized carbons (Fsp3) is 0.400. The van der Waals surface area contributed by atoms with Crippen LogP contribution in [0.1, 0.15) is 0 Å². The molecule has 0 amide bonds. The zero-order chi connectivity index (χ0) is 10.8. The van der Waals surface area contributed by atoms with Gasteiger partial charge in [0.25, 0.3) is 0 Å². The van der Waals surface area contributed by atoms with E-state index in [1.165, 1.54) is 0 Å². The summed E-state index contributed by atoms with van der Waals surface area (Å²) < 4.78 is 5.57. The normalized spacial score (nSPS) is 23.9. The maximum Gasteiger partial charge on any atom is 0.157 e. The molecule has 0 saturated carbocycles. The second kappa shape index (κ2) is 6.07. The fourth-order valence-electron chi connectivity index (χ4n) is 1.51. The van der Waals surface area contributed by atoms with E-state index in [9.17, 15) is 5.11 Å². The number of aliphatic hydroxyl groups is 1. The monoisotopic (exact) mass is 327 g/mol. The SMILES string of the molecule is Br.O[C@@H]1CNC[C@H]1Oc1c(Cl)cccc1Cl. The van der Waals surface area contributed by atoms with Crippen LogP contribution in [0.4, 0.5) is 0 Å². The van der Waals surface area contributed by atoms with Crippen LogP contribution in [0.3, 0.4) is 0 Å². The standard InChI is InChI=1S/C10H11Cl2NO2.BrH/c11-6-2-1-3-7(12)10(6)15-9-5-13-4-8(9)14;/h1-3,8-9,13-14H,4-5H2;1H/t8-,9-;/m1./s1. The van der Waals surface area contributed by atoms with E-state index in [2.05, 4.69) is 5.32 Å². The zero-order valence-corrected chi connectivity index (χ0v) is 11.5. The highest BCUT2D eigenvalue weighted by molar-refractivity contribution is 8.93. The number of hydrogen-bond donors (Lipinski definition) is 2. The Morgan fingerprint density at radius 3 is 2.38 bits per heavy atom. The van der Waals surface area contributed by atoms with Crippen molar-refractivity contribution in [3.63, 3.8) is 0 Å². The topological polar surface area (TPSA) is 41.5 Å². The van der Waals surface area contributed by atoms with Gasteiger partial charge in [0.15, 0.2) is 5.75 Å². The minimum absolute atomic E-state index is 0. The van der Waals surface area contributed by atoms with Gasteiger partial charge < -0.3 is 15.2 Å². The minimum Gasteiger partial charge on any atom is -0.483 e. The summed E-state index contributed by atoms with van der Waals surface area (Å²) in [5.74, 6) is 0.439. The van der Waals surface area contributed by atoms with E-state index in [4.69, 9.17) is 27.9 Å². The van der Waals surface area contributed by atoms with Crippen LogP contribution in [0.2, 0.25) is 10.0 Å². The Kier molecular flexibility index (Phi) is 5.34. The van der Waals surface area contributed by atoms with Crippen molar-refractivity contribution in [2.24, 2.45) is 0 Å². The van der Waals surface area contributed by atoms with Gasteiger partial charge in [0.1, 0.15) is 12.2 Å². The first-order chi connectivity index (χ1) is 7.18. The predicted octanol–water partition coefficient (Wildman–Crippen LogP) is 2.28. The molecule has 1 aliphatic heterocycles. The lowest BCUT2D eigenvalue weighted by Crippen LogP contribution is -2.30. The average molecular weight is 329 g/mol. The van der Waals surface area contributed by atoms with Crippen molar-refractivity contribution >= 4 is 40.2 Å². The summed E-state index contributed by atoms with van der Waals surface area (Å²) in [5, 5.41) is 13.5. The molecule has 16 heavy (non-hydrogen) atoms. The number of rotatable bonds is 2. The van der Waals surface area contributed by atoms with Gasteiger partial charge in [0.05, 0.1) is 10.0 Å². The second-order valence-corrected chi connectivity index (χ2v) is 4.25. The molecule has 0 bridgehead atoms. The Balaban J connectivity index is 0.00000128. The Labute approximate surface area is 114 Å². The van der Waals surface area contributed by atoms with E-state index in [1.807, 2.05) is 0 Å². The van der Waals surface area contributed by atoms with Crippen molar-refractivity contribution in [3.05, 3.63) is 28.2 Å². The summed E-state index contributed by atoms with van der Waals surface area (Å²) in [6, 6.07) is 5.16. The van der Waals surface area contributed by atoms with Crippen LogP contribution in [-0.4, -0.2) is 30.4 Å². The van der Waals surface area contributed by atoms with Crippen LogP contribution in [-0.2, 0) is 0 Å². The highest BCUT2D eigenvalue weighted by atomic mass is 79.9. The van der Waals surface area contributed by atoms with Crippen LogP contribution >= 0.6 is 40.2 Å². The number of hydrogen-bond acceptors (Lipinski definition) is 3. The number of ether oxygens (including phenoxy) is 1. The van der Waals surface area contributed by atoms with Crippen LogP contribution in [0.15, 0.2) is 18.2 Å². The van der Waals surface area contributed by atoms with Gasteiger partial charge in [-0.05, 0) is 12.1 Å². The summed E-state index contributed by atoms with van der Waals surface area (Å²) >= 11 is 11.9. The maximum absolute atomic E-state index is 9.56. The van der Waals surface area contributed by atoms with Crippen LogP contribution in [0.5, 0.6) is 5.75 Å². The summed E-state index contributed by atoms with van der Waals surface area (Å²) in [4.78, 5) is 0. The van der Waals surface area contributed by atoms with Crippen LogP contribution in [0, 0.1) is 0 Å². The molecule has 0 radical (unpaired) electrons. The second-order valence-electron chi connectivity index (χ2n) is 3.43. The first-order valence-electron chi connectivity index (χ1n) is 4.68. The Morgan fingerprint density at radius 1 is 1.25 bits per heavy atom. The summed E-state index contributed by atoms with van der Waals surface area (Å²) in [6.07, 6.45) is -0.806. The van der Waals surface area contributed by atoms with Crippen molar-refractivity contribution in [2.75, 3.05) is 13.1 Å². The Hall–Kier alpha value is -0.0000000000000000555. The van der Waals surface area contributed by atoms with E-state index in [-0.39, 0.29) is 23.1 Å². The molecule has 3 nitrogen and oxygen atoms in total. The van der Waals surface area contributed by atoms with Crippen LogP contribution in [0.25, 0.3) is 0 Å². The molecule has 0 spiro atoms. The molecule has 1 aromatic carbocycles. The van der Waals surface area contributed by atoms with Gasteiger partial charge in [-0.1, -0.05) is 29.3 Å². The number of benzene rings is 1. The van der Waals surface area contributed by atoms with E-state index in [0.29, 0.717) is 28.9 Å². The molecule has 1 aromatic rings. The lowest BCUT2D eigenvalue weighted by atomic mass is 10.2. The van der Waals surface area contributed by atoms with Gasteiger partial charge in [-0.3, -0.25) is 0 Å². The Bertz CT molecular complexity index is 344. The molecular formula is C10H12BrCl2NO2. The van der Waals surface area contributed by atoms with Crippen molar-refractivity contribution < 1.29 is 9.84 Å². The smallest absolute Gasteiger partial charge is 0.157 e. The van der Waals surface area contributed by atoms with Gasteiger partial charge in [-0.2, -0.15) is 0 Å². The lowest BCUT2D eigenvalue weighted by molar-refractivity contribution is 0.0739. The molecule has 1 fully saturated rings. The molecule has 0 aliphatic carbocycles. The third-order valence-electron chi connectivity index (χ3n) is 2.32. The first kappa shape index (κ1) is 14.1. The molecule has 1 heterocycles. The maximum atomic E-state index is 9.56. The molecule has 1 aliphatic rings. The van der Waals surface area contributed by atoms with Gasteiger partial charge in [-0.15, -0.1) is 17.0 Å². The summed E-state index contributed by atoms with van der Waals surface area (Å²) in [5.41, 5.74) is 0. The van der Waals surface area contributed by atoms with Gasteiger partial charge in [-0.25, -0.2) is 0 Å². The molecule has 6 heteroatoms. The van der Waals surface area contributed by atoms with Gasteiger partial charge in [0, 0.05) is 13.1 Å². The summed E-state index contributed by atoms with van der Waals surface area (Å²) in [6.45, 7) is 1.13. The third-order valence-corrected chi connectivity index (χ3v) is 2.91. The van der Waals surface area contributed by atoms with Crippen molar-refractivity contribution in [2.45, 2.75) is 12.2 Å². The van der Waals surface area contributed by atoms with E-state index < -0.39 is 6.10 Å². The fourth-order valence-corrected chi connectivity index (χ4v) is 1.99. The van der Waals surface area contributed by atoms with Gasteiger partial charge in [0.2, 0.25) is 0 Å². The summed E-state index contributed by atoms with van der Waals surface area (Å²) in [7, 11) is 0. The number of aliphatic hydroxyl groups excluding tert-OH is 1. The molecule has 90 valence electrons. The molecule has 0 unspecified atom stereocenters. The minimum atomic E-state index is -0.516. The molecule has 2 atom stereocenters. The average Bonchev–Trinajstić information content (AvgIpc) is 2.58.